The molecule has 0 bridgehead atoms. The van der Waals surface area contributed by atoms with Gasteiger partial charge in [-0.3, -0.25) is 4.79 Å². The van der Waals surface area contributed by atoms with Gasteiger partial charge in [0.05, 0.1) is 5.56 Å². The summed E-state index contributed by atoms with van der Waals surface area (Å²) in [5, 5.41) is 8.72. The van der Waals surface area contributed by atoms with Gasteiger partial charge in [-0.25, -0.2) is 4.98 Å². The van der Waals surface area contributed by atoms with Crippen LogP contribution in [0, 0.1) is 17.2 Å². The van der Waals surface area contributed by atoms with Crippen LogP contribution >= 0.6 is 0 Å². The molecule has 0 aromatic carbocycles. The summed E-state index contributed by atoms with van der Waals surface area (Å²) in [7, 11) is 0. The van der Waals surface area contributed by atoms with Gasteiger partial charge in [-0.2, -0.15) is 5.26 Å². The summed E-state index contributed by atoms with van der Waals surface area (Å²) in [4.78, 5) is 18.4. The Morgan fingerprint density at radius 3 is 2.67 bits per heavy atom. The number of aromatic nitrogens is 1. The van der Waals surface area contributed by atoms with E-state index < -0.39 is 0 Å². The fourth-order valence-electron chi connectivity index (χ4n) is 2.10. The molecule has 0 unspecified atom stereocenters. The van der Waals surface area contributed by atoms with Crippen molar-refractivity contribution < 1.29 is 4.79 Å². The third-order valence-electron chi connectivity index (χ3n) is 3.51. The number of amides is 1. The third kappa shape index (κ3) is 2.35. The molecule has 4 nitrogen and oxygen atoms in total. The molecule has 2 aliphatic carbocycles. The van der Waals surface area contributed by atoms with Crippen molar-refractivity contribution in [1.29, 1.82) is 5.26 Å². The zero-order chi connectivity index (χ0) is 12.5. The van der Waals surface area contributed by atoms with Crippen molar-refractivity contribution in [3.63, 3.8) is 0 Å². The molecule has 92 valence electrons. The van der Waals surface area contributed by atoms with Gasteiger partial charge in [0.1, 0.15) is 11.8 Å². The van der Waals surface area contributed by atoms with E-state index in [1.54, 1.807) is 12.1 Å². The highest BCUT2D eigenvalue weighted by atomic mass is 16.2. The lowest BCUT2D eigenvalue weighted by molar-refractivity contribution is 0.0729. The molecule has 1 amide bonds. The Kier molecular flexibility index (Phi) is 2.75. The van der Waals surface area contributed by atoms with Gasteiger partial charge in [-0.1, -0.05) is 0 Å². The van der Waals surface area contributed by atoms with Crippen molar-refractivity contribution in [2.75, 3.05) is 6.54 Å². The largest absolute Gasteiger partial charge is 0.334 e. The van der Waals surface area contributed by atoms with E-state index >= 15 is 0 Å². The number of nitriles is 1. The first kappa shape index (κ1) is 11.2. The Hall–Kier alpha value is -1.89. The van der Waals surface area contributed by atoms with Gasteiger partial charge < -0.3 is 4.90 Å². The van der Waals surface area contributed by atoms with E-state index in [4.69, 9.17) is 5.26 Å². The summed E-state index contributed by atoms with van der Waals surface area (Å²) >= 11 is 0. The predicted molar refractivity (Wildman–Crippen MR) is 65.7 cm³/mol. The van der Waals surface area contributed by atoms with E-state index in [9.17, 15) is 4.79 Å². The van der Waals surface area contributed by atoms with Crippen LogP contribution in [-0.4, -0.2) is 28.4 Å². The molecule has 3 rings (SSSR count). The number of carbonyl (C=O) groups is 1. The molecule has 0 spiro atoms. The van der Waals surface area contributed by atoms with Gasteiger partial charge in [0.15, 0.2) is 0 Å². The van der Waals surface area contributed by atoms with E-state index in [1.807, 2.05) is 11.0 Å². The molecule has 18 heavy (non-hydrogen) atoms. The van der Waals surface area contributed by atoms with E-state index in [-0.39, 0.29) is 5.91 Å². The number of rotatable bonds is 4. The van der Waals surface area contributed by atoms with Gasteiger partial charge >= 0.3 is 0 Å². The van der Waals surface area contributed by atoms with Crippen molar-refractivity contribution in [1.82, 2.24) is 9.88 Å². The lowest BCUT2D eigenvalue weighted by atomic mass is 10.2. The summed E-state index contributed by atoms with van der Waals surface area (Å²) in [5.41, 5.74) is 0.952. The average molecular weight is 241 g/mol. The van der Waals surface area contributed by atoms with Gasteiger partial charge in [0.2, 0.25) is 0 Å². The first-order chi connectivity index (χ1) is 8.78. The minimum atomic E-state index is 0.0221. The monoisotopic (exact) mass is 241 g/mol. The van der Waals surface area contributed by atoms with Gasteiger partial charge in [-0.05, 0) is 43.7 Å². The quantitative estimate of drug-likeness (QED) is 0.809. The summed E-state index contributed by atoms with van der Waals surface area (Å²) < 4.78 is 0. The highest BCUT2D eigenvalue weighted by molar-refractivity contribution is 5.92. The molecule has 0 radical (unpaired) electrons. The maximum Gasteiger partial charge on any atom is 0.272 e. The first-order valence-corrected chi connectivity index (χ1v) is 6.45. The number of hydrogen-bond acceptors (Lipinski definition) is 3. The molecular weight excluding hydrogens is 226 g/mol. The Morgan fingerprint density at radius 2 is 2.17 bits per heavy atom. The smallest absolute Gasteiger partial charge is 0.272 e. The molecule has 0 saturated heterocycles. The second-order valence-electron chi connectivity index (χ2n) is 5.18. The van der Waals surface area contributed by atoms with Crippen molar-refractivity contribution in [3.8, 4) is 6.07 Å². The summed E-state index contributed by atoms with van der Waals surface area (Å²) in [6.07, 6.45) is 6.20. The SMILES string of the molecule is N#Cc1ccc(C(=O)N(CC2CC2)C2CC2)nc1. The molecule has 0 aliphatic heterocycles. The molecule has 1 aromatic heterocycles. The highest BCUT2D eigenvalue weighted by Crippen LogP contribution is 2.35. The number of nitrogens with zero attached hydrogens (tertiary/aromatic N) is 3. The second-order valence-corrected chi connectivity index (χ2v) is 5.18. The molecule has 2 fully saturated rings. The Bertz CT molecular complexity index is 495. The van der Waals surface area contributed by atoms with Crippen LogP contribution in [0.3, 0.4) is 0 Å². The molecular formula is C14H15N3O. The van der Waals surface area contributed by atoms with Crippen molar-refractivity contribution >= 4 is 5.91 Å². The standard InChI is InChI=1S/C14H15N3O/c15-7-11-3-6-13(16-8-11)14(18)17(12-4-5-12)9-10-1-2-10/h3,6,8,10,12H,1-2,4-5,9H2. The van der Waals surface area contributed by atoms with E-state index in [0.29, 0.717) is 23.2 Å². The van der Waals surface area contributed by atoms with Crippen LogP contribution in [0.25, 0.3) is 0 Å². The van der Waals surface area contributed by atoms with Crippen molar-refractivity contribution in [2.45, 2.75) is 31.7 Å². The number of pyridine rings is 1. The van der Waals surface area contributed by atoms with Gasteiger partial charge in [0.25, 0.3) is 5.91 Å². The van der Waals surface area contributed by atoms with Crippen LogP contribution in [0.5, 0.6) is 0 Å². The van der Waals surface area contributed by atoms with Crippen LogP contribution in [-0.2, 0) is 0 Å². The first-order valence-electron chi connectivity index (χ1n) is 6.45. The van der Waals surface area contributed by atoms with Crippen LogP contribution in [0.15, 0.2) is 18.3 Å². The van der Waals surface area contributed by atoms with Crippen molar-refractivity contribution in [3.05, 3.63) is 29.6 Å². The zero-order valence-corrected chi connectivity index (χ0v) is 10.2. The fourth-order valence-corrected chi connectivity index (χ4v) is 2.10. The summed E-state index contributed by atoms with van der Waals surface area (Å²) in [5.74, 6) is 0.724. The topological polar surface area (TPSA) is 57.0 Å². The molecule has 4 heteroatoms. The van der Waals surface area contributed by atoms with E-state index in [1.165, 1.54) is 19.0 Å². The maximum atomic E-state index is 12.4. The fraction of sp³-hybridized carbons (Fsp3) is 0.500. The highest BCUT2D eigenvalue weighted by Gasteiger charge is 2.37. The number of carbonyl (C=O) groups excluding carboxylic acids is 1. The normalized spacial score (nSPS) is 18.2. The van der Waals surface area contributed by atoms with Crippen LogP contribution in [0.2, 0.25) is 0 Å². The lowest BCUT2D eigenvalue weighted by Crippen LogP contribution is -2.35. The third-order valence-corrected chi connectivity index (χ3v) is 3.51. The van der Waals surface area contributed by atoms with Crippen LogP contribution in [0.1, 0.15) is 41.7 Å². The molecule has 2 aliphatic rings. The Balaban J connectivity index is 1.75. The molecule has 0 N–H and O–H groups in total. The van der Waals surface area contributed by atoms with Gasteiger partial charge in [-0.15, -0.1) is 0 Å². The number of hydrogen-bond donors (Lipinski definition) is 0. The molecule has 1 aromatic rings. The van der Waals surface area contributed by atoms with Crippen LogP contribution in [0.4, 0.5) is 0 Å². The Morgan fingerprint density at radius 1 is 1.39 bits per heavy atom. The lowest BCUT2D eigenvalue weighted by Gasteiger charge is -2.21. The van der Waals surface area contributed by atoms with E-state index in [0.717, 1.165) is 19.4 Å². The van der Waals surface area contributed by atoms with Gasteiger partial charge in [0, 0.05) is 18.8 Å². The summed E-state index contributed by atoms with van der Waals surface area (Å²) in [6, 6.07) is 5.75. The van der Waals surface area contributed by atoms with E-state index in [2.05, 4.69) is 4.98 Å². The minimum Gasteiger partial charge on any atom is -0.334 e. The molecule has 1 heterocycles. The average Bonchev–Trinajstić information content (AvgIpc) is 3.28. The minimum absolute atomic E-state index is 0.0221. The second kappa shape index (κ2) is 4.41. The zero-order valence-electron chi connectivity index (χ0n) is 10.2. The molecule has 2 saturated carbocycles. The predicted octanol–water partition coefficient (Wildman–Crippen LogP) is 1.97. The Labute approximate surface area is 106 Å². The summed E-state index contributed by atoms with van der Waals surface area (Å²) in [6.45, 7) is 0.880. The molecule has 0 atom stereocenters. The van der Waals surface area contributed by atoms with Crippen LogP contribution < -0.4 is 0 Å². The maximum absolute atomic E-state index is 12.4. The van der Waals surface area contributed by atoms with Crippen molar-refractivity contribution in [2.24, 2.45) is 5.92 Å².